The summed E-state index contributed by atoms with van der Waals surface area (Å²) in [5.41, 5.74) is -0.249. The molecule has 1 atom stereocenters. The molecule has 0 amide bonds. The van der Waals surface area contributed by atoms with Gasteiger partial charge in [-0.15, -0.1) is 0 Å². The van der Waals surface area contributed by atoms with Crippen molar-refractivity contribution in [1.29, 1.82) is 0 Å². The van der Waals surface area contributed by atoms with Crippen LogP contribution in [0.3, 0.4) is 0 Å². The molecule has 3 heteroatoms. The third-order valence-corrected chi connectivity index (χ3v) is 6.17. The number of rotatable bonds is 7. The van der Waals surface area contributed by atoms with Gasteiger partial charge in [0.05, 0.1) is 0 Å². The van der Waals surface area contributed by atoms with E-state index in [-0.39, 0.29) is 22.1 Å². The Morgan fingerprint density at radius 3 is 2.14 bits per heavy atom. The van der Waals surface area contributed by atoms with Crippen LogP contribution in [0.4, 0.5) is 0 Å². The summed E-state index contributed by atoms with van der Waals surface area (Å²) in [6, 6.07) is 0. The van der Waals surface area contributed by atoms with Gasteiger partial charge in [0.15, 0.2) is 5.78 Å². The molecular formula is C18H33NOS. The summed E-state index contributed by atoms with van der Waals surface area (Å²) < 4.78 is 0. The second-order valence-corrected chi connectivity index (χ2v) is 9.02. The lowest BCUT2D eigenvalue weighted by Crippen LogP contribution is -2.52. The minimum absolute atomic E-state index is 0.00107. The highest BCUT2D eigenvalue weighted by atomic mass is 32.1. The van der Waals surface area contributed by atoms with E-state index >= 15 is 0 Å². The van der Waals surface area contributed by atoms with Crippen LogP contribution in [0, 0.1) is 17.3 Å². The van der Waals surface area contributed by atoms with E-state index in [1.165, 1.54) is 44.9 Å². The molecule has 2 rings (SSSR count). The molecule has 0 aliphatic heterocycles. The average molecular weight is 312 g/mol. The molecule has 0 heterocycles. The maximum Gasteiger partial charge on any atom is 0.165 e. The van der Waals surface area contributed by atoms with Crippen molar-refractivity contribution in [3.63, 3.8) is 0 Å². The van der Waals surface area contributed by atoms with Crippen LogP contribution < -0.4 is 5.32 Å². The Labute approximate surface area is 136 Å². The van der Waals surface area contributed by atoms with E-state index in [1.807, 2.05) is 0 Å². The van der Waals surface area contributed by atoms with Crippen molar-refractivity contribution in [3.8, 4) is 0 Å². The highest BCUT2D eigenvalue weighted by Crippen LogP contribution is 2.41. The van der Waals surface area contributed by atoms with Crippen molar-refractivity contribution in [2.75, 3.05) is 0 Å². The topological polar surface area (TPSA) is 29.1 Å². The maximum atomic E-state index is 12.9. The lowest BCUT2D eigenvalue weighted by atomic mass is 9.73. The molecule has 122 valence electrons. The first kappa shape index (κ1) is 17.3. The molecule has 0 spiro atoms. The molecule has 0 bridgehead atoms. The molecule has 0 aromatic rings. The SMILES string of the molecule is CC(C)(CC1CCC1)NC(S)C(=O)C(C)(C)C1CCCC1. The van der Waals surface area contributed by atoms with Gasteiger partial charge in [0.25, 0.3) is 0 Å². The normalized spacial score (nSPS) is 23.1. The van der Waals surface area contributed by atoms with Gasteiger partial charge in [0.1, 0.15) is 5.37 Å². The van der Waals surface area contributed by atoms with E-state index in [1.54, 1.807) is 0 Å². The van der Waals surface area contributed by atoms with Crippen molar-refractivity contribution >= 4 is 18.4 Å². The van der Waals surface area contributed by atoms with Crippen molar-refractivity contribution in [1.82, 2.24) is 5.32 Å². The predicted molar refractivity (Wildman–Crippen MR) is 92.7 cm³/mol. The summed E-state index contributed by atoms with van der Waals surface area (Å²) in [4.78, 5) is 12.9. The minimum Gasteiger partial charge on any atom is -0.296 e. The fourth-order valence-corrected chi connectivity index (χ4v) is 4.80. The van der Waals surface area contributed by atoms with E-state index in [9.17, 15) is 4.79 Å². The molecular weight excluding hydrogens is 278 g/mol. The average Bonchev–Trinajstić information content (AvgIpc) is 2.87. The Morgan fingerprint density at radius 1 is 1.10 bits per heavy atom. The Morgan fingerprint density at radius 2 is 1.67 bits per heavy atom. The monoisotopic (exact) mass is 311 g/mol. The molecule has 21 heavy (non-hydrogen) atoms. The standard InChI is InChI=1S/C18H33NOS/c1-17(2,12-13-8-7-9-13)19-16(21)15(20)18(3,4)14-10-5-6-11-14/h13-14,16,19,21H,5-12H2,1-4H3. The fourth-order valence-electron chi connectivity index (χ4n) is 4.11. The van der Waals surface area contributed by atoms with Crippen molar-refractivity contribution in [3.05, 3.63) is 0 Å². The van der Waals surface area contributed by atoms with Crippen molar-refractivity contribution < 1.29 is 4.79 Å². The quantitative estimate of drug-likeness (QED) is 0.532. The molecule has 2 nitrogen and oxygen atoms in total. The van der Waals surface area contributed by atoms with Gasteiger partial charge in [-0.2, -0.15) is 12.6 Å². The number of hydrogen-bond donors (Lipinski definition) is 2. The van der Waals surface area contributed by atoms with Gasteiger partial charge in [-0.05, 0) is 44.9 Å². The van der Waals surface area contributed by atoms with E-state index in [4.69, 9.17) is 0 Å². The number of thiol groups is 1. The number of hydrogen-bond acceptors (Lipinski definition) is 3. The van der Waals surface area contributed by atoms with E-state index in [2.05, 4.69) is 45.6 Å². The summed E-state index contributed by atoms with van der Waals surface area (Å²) >= 11 is 4.61. The predicted octanol–water partition coefficient (Wildman–Crippen LogP) is 4.59. The summed E-state index contributed by atoms with van der Waals surface area (Å²) in [5.74, 6) is 1.65. The first-order chi connectivity index (χ1) is 9.72. The molecule has 1 N–H and O–H groups in total. The number of ketones is 1. The summed E-state index contributed by atoms with van der Waals surface area (Å²) in [7, 11) is 0. The van der Waals surface area contributed by atoms with Gasteiger partial charge in [0, 0.05) is 11.0 Å². The molecule has 2 aliphatic rings. The van der Waals surface area contributed by atoms with Gasteiger partial charge in [-0.1, -0.05) is 46.0 Å². The molecule has 0 aromatic heterocycles. The van der Waals surface area contributed by atoms with Crippen LogP contribution in [0.1, 0.15) is 79.1 Å². The summed E-state index contributed by atoms with van der Waals surface area (Å²) in [5, 5.41) is 3.16. The zero-order valence-corrected chi connectivity index (χ0v) is 15.1. The van der Waals surface area contributed by atoms with E-state index in [0.29, 0.717) is 5.92 Å². The van der Waals surface area contributed by atoms with Crippen LogP contribution in [-0.2, 0) is 4.79 Å². The van der Waals surface area contributed by atoms with Crippen LogP contribution in [-0.4, -0.2) is 16.7 Å². The molecule has 2 saturated carbocycles. The number of carbonyl (C=O) groups is 1. The molecule has 1 unspecified atom stereocenters. The Bertz CT molecular complexity index is 367. The first-order valence-corrected chi connectivity index (χ1v) is 9.24. The number of Topliss-reactive ketones (excluding diaryl/α,β-unsaturated/α-hetero) is 1. The van der Waals surface area contributed by atoms with Gasteiger partial charge >= 0.3 is 0 Å². The zero-order valence-electron chi connectivity index (χ0n) is 14.2. The molecule has 2 aliphatic carbocycles. The van der Waals surface area contributed by atoms with Crippen LogP contribution in [0.25, 0.3) is 0 Å². The largest absolute Gasteiger partial charge is 0.296 e. The summed E-state index contributed by atoms with van der Waals surface area (Å²) in [6.07, 6.45) is 10.2. The number of carbonyl (C=O) groups excluding carboxylic acids is 1. The molecule has 0 radical (unpaired) electrons. The highest BCUT2D eigenvalue weighted by molar-refractivity contribution is 7.81. The summed E-state index contributed by atoms with van der Waals surface area (Å²) in [6.45, 7) is 8.67. The van der Waals surface area contributed by atoms with Crippen LogP contribution in [0.5, 0.6) is 0 Å². The lowest BCUT2D eigenvalue weighted by Gasteiger charge is -2.39. The van der Waals surface area contributed by atoms with Gasteiger partial charge in [-0.25, -0.2) is 0 Å². The lowest BCUT2D eigenvalue weighted by molar-refractivity contribution is -0.130. The maximum absolute atomic E-state index is 12.9. The zero-order chi connectivity index (χ0) is 15.7. The smallest absolute Gasteiger partial charge is 0.165 e. The molecule has 0 saturated heterocycles. The van der Waals surface area contributed by atoms with Crippen LogP contribution in [0.15, 0.2) is 0 Å². The number of nitrogens with one attached hydrogen (secondary N) is 1. The molecule has 0 aromatic carbocycles. The van der Waals surface area contributed by atoms with E-state index in [0.717, 1.165) is 12.3 Å². The first-order valence-electron chi connectivity index (χ1n) is 8.72. The Kier molecular flexibility index (Phi) is 5.46. The third kappa shape index (κ3) is 4.25. The second kappa shape index (κ2) is 6.62. The fraction of sp³-hybridized carbons (Fsp3) is 0.944. The van der Waals surface area contributed by atoms with Gasteiger partial charge < -0.3 is 0 Å². The van der Waals surface area contributed by atoms with Crippen molar-refractivity contribution in [2.24, 2.45) is 17.3 Å². The highest BCUT2D eigenvalue weighted by Gasteiger charge is 2.41. The second-order valence-electron chi connectivity index (χ2n) is 8.50. The van der Waals surface area contributed by atoms with Crippen molar-refractivity contribution in [2.45, 2.75) is 90.0 Å². The third-order valence-electron chi connectivity index (χ3n) is 5.81. The van der Waals surface area contributed by atoms with E-state index < -0.39 is 0 Å². The van der Waals surface area contributed by atoms with Crippen LogP contribution in [0.2, 0.25) is 0 Å². The van der Waals surface area contributed by atoms with Crippen LogP contribution >= 0.6 is 12.6 Å². The van der Waals surface area contributed by atoms with Gasteiger partial charge in [-0.3, -0.25) is 10.1 Å². The Hall–Kier alpha value is -0.0200. The minimum atomic E-state index is -0.337. The Balaban J connectivity index is 1.91. The molecule has 2 fully saturated rings. The van der Waals surface area contributed by atoms with Gasteiger partial charge in [0.2, 0.25) is 0 Å².